The maximum absolute atomic E-state index is 12.5. The highest BCUT2D eigenvalue weighted by Gasteiger charge is 2.21. The van der Waals surface area contributed by atoms with E-state index in [1.807, 2.05) is 35.9 Å². The van der Waals surface area contributed by atoms with Crippen molar-refractivity contribution in [3.05, 3.63) is 41.3 Å². The van der Waals surface area contributed by atoms with Crippen molar-refractivity contribution in [2.24, 2.45) is 12.8 Å². The maximum atomic E-state index is 12.5. The van der Waals surface area contributed by atoms with Crippen LogP contribution in [0.15, 0.2) is 40.9 Å². The Morgan fingerprint density at radius 1 is 1.25 bits per heavy atom. The van der Waals surface area contributed by atoms with E-state index in [2.05, 4.69) is 15.5 Å². The number of nitrogens with two attached hydrogens (primary N) is 1. The summed E-state index contributed by atoms with van der Waals surface area (Å²) in [5.74, 6) is 0.625. The van der Waals surface area contributed by atoms with Gasteiger partial charge in [-0.3, -0.25) is 9.59 Å². The SMILES string of the molecule is COc1ccc(-c2nnc(S[C@@H](C)C(=O)Nc3sccc3C(N)=O)n2C)cc1. The number of carbonyl (C=O) groups is 2. The summed E-state index contributed by atoms with van der Waals surface area (Å²) in [5, 5.41) is 13.5. The molecule has 146 valence electrons. The van der Waals surface area contributed by atoms with Crippen LogP contribution in [-0.4, -0.2) is 38.9 Å². The van der Waals surface area contributed by atoms with Gasteiger partial charge in [0, 0.05) is 12.6 Å². The number of thiophene rings is 1. The smallest absolute Gasteiger partial charge is 0.251 e. The molecule has 28 heavy (non-hydrogen) atoms. The van der Waals surface area contributed by atoms with Crippen molar-refractivity contribution in [2.75, 3.05) is 12.4 Å². The molecule has 0 aliphatic rings. The Morgan fingerprint density at radius 2 is 1.96 bits per heavy atom. The zero-order valence-electron chi connectivity index (χ0n) is 15.5. The van der Waals surface area contributed by atoms with Crippen LogP contribution >= 0.6 is 23.1 Å². The summed E-state index contributed by atoms with van der Waals surface area (Å²) in [6.45, 7) is 1.76. The fourth-order valence-electron chi connectivity index (χ4n) is 2.43. The van der Waals surface area contributed by atoms with Gasteiger partial charge in [0.1, 0.15) is 10.8 Å². The highest BCUT2D eigenvalue weighted by atomic mass is 32.2. The molecule has 0 fully saturated rings. The fourth-order valence-corrected chi connectivity index (χ4v) is 4.04. The second kappa shape index (κ2) is 8.44. The van der Waals surface area contributed by atoms with Crippen molar-refractivity contribution in [3.63, 3.8) is 0 Å². The number of nitrogens with one attached hydrogen (secondary N) is 1. The third-order valence-electron chi connectivity index (χ3n) is 4.00. The highest BCUT2D eigenvalue weighted by Crippen LogP contribution is 2.28. The number of thioether (sulfide) groups is 1. The summed E-state index contributed by atoms with van der Waals surface area (Å²) in [5.41, 5.74) is 6.51. The molecule has 0 saturated heterocycles. The van der Waals surface area contributed by atoms with Gasteiger partial charge in [0.05, 0.1) is 17.9 Å². The molecular weight excluding hydrogens is 398 g/mol. The minimum Gasteiger partial charge on any atom is -0.497 e. The monoisotopic (exact) mass is 417 g/mol. The number of rotatable bonds is 7. The van der Waals surface area contributed by atoms with Crippen molar-refractivity contribution in [3.8, 4) is 17.1 Å². The number of nitrogens with zero attached hydrogens (tertiary/aromatic N) is 3. The summed E-state index contributed by atoms with van der Waals surface area (Å²) < 4.78 is 7.00. The van der Waals surface area contributed by atoms with Crippen molar-refractivity contribution < 1.29 is 14.3 Å². The summed E-state index contributed by atoms with van der Waals surface area (Å²) in [4.78, 5) is 23.9. The number of anilines is 1. The third kappa shape index (κ3) is 4.18. The Balaban J connectivity index is 1.71. The molecule has 10 heteroatoms. The van der Waals surface area contributed by atoms with E-state index in [1.54, 1.807) is 25.5 Å². The van der Waals surface area contributed by atoms with E-state index in [0.29, 0.717) is 21.5 Å². The summed E-state index contributed by atoms with van der Waals surface area (Å²) in [6, 6.07) is 9.09. The highest BCUT2D eigenvalue weighted by molar-refractivity contribution is 8.00. The number of hydrogen-bond acceptors (Lipinski definition) is 7. The standard InChI is InChI=1S/C18H19N5O3S2/c1-10(16(25)20-17-13(14(19)24)8-9-27-17)28-18-22-21-15(23(18)2)11-4-6-12(26-3)7-5-11/h4-10H,1-3H3,(H2,19,24)(H,20,25)/t10-/m0/s1. The molecule has 3 rings (SSSR count). The van der Waals surface area contributed by atoms with E-state index in [0.717, 1.165) is 11.3 Å². The van der Waals surface area contributed by atoms with E-state index in [1.165, 1.54) is 23.1 Å². The maximum Gasteiger partial charge on any atom is 0.251 e. The third-order valence-corrected chi connectivity index (χ3v) is 5.97. The number of benzene rings is 1. The van der Waals surface area contributed by atoms with Gasteiger partial charge >= 0.3 is 0 Å². The van der Waals surface area contributed by atoms with E-state index < -0.39 is 11.2 Å². The van der Waals surface area contributed by atoms with Gasteiger partial charge in [-0.25, -0.2) is 0 Å². The minimum atomic E-state index is -0.575. The molecule has 0 radical (unpaired) electrons. The predicted molar refractivity (Wildman–Crippen MR) is 110 cm³/mol. The van der Waals surface area contributed by atoms with Gasteiger partial charge in [-0.2, -0.15) is 0 Å². The molecule has 1 aromatic carbocycles. The molecule has 1 atom stereocenters. The van der Waals surface area contributed by atoms with E-state index in [-0.39, 0.29) is 5.91 Å². The molecule has 2 aromatic heterocycles. The first kappa shape index (κ1) is 19.9. The average molecular weight is 418 g/mol. The number of ether oxygens (including phenoxy) is 1. The number of carbonyl (C=O) groups excluding carboxylic acids is 2. The quantitative estimate of drug-likeness (QED) is 0.572. The van der Waals surface area contributed by atoms with Gasteiger partial charge in [0.25, 0.3) is 5.91 Å². The van der Waals surface area contributed by atoms with Crippen LogP contribution in [0, 0.1) is 0 Å². The zero-order chi connectivity index (χ0) is 20.3. The first-order valence-corrected chi connectivity index (χ1v) is 10.0. The lowest BCUT2D eigenvalue weighted by Crippen LogP contribution is -2.24. The second-order valence-electron chi connectivity index (χ2n) is 5.87. The Bertz CT molecular complexity index is 997. The largest absolute Gasteiger partial charge is 0.497 e. The molecule has 0 unspecified atom stereocenters. The van der Waals surface area contributed by atoms with Crippen LogP contribution in [0.3, 0.4) is 0 Å². The predicted octanol–water partition coefficient (Wildman–Crippen LogP) is 2.77. The van der Waals surface area contributed by atoms with Crippen LogP contribution in [-0.2, 0) is 11.8 Å². The lowest BCUT2D eigenvalue weighted by atomic mass is 10.2. The van der Waals surface area contributed by atoms with Crippen molar-refractivity contribution in [1.29, 1.82) is 0 Å². The van der Waals surface area contributed by atoms with E-state index in [4.69, 9.17) is 10.5 Å². The normalized spacial score (nSPS) is 11.8. The van der Waals surface area contributed by atoms with Gasteiger partial charge in [0.15, 0.2) is 11.0 Å². The Morgan fingerprint density at radius 3 is 2.61 bits per heavy atom. The lowest BCUT2D eigenvalue weighted by molar-refractivity contribution is -0.115. The lowest BCUT2D eigenvalue weighted by Gasteiger charge is -2.11. The van der Waals surface area contributed by atoms with Gasteiger partial charge in [0.2, 0.25) is 5.91 Å². The van der Waals surface area contributed by atoms with Gasteiger partial charge in [-0.1, -0.05) is 11.8 Å². The summed E-state index contributed by atoms with van der Waals surface area (Å²) in [6.07, 6.45) is 0. The molecule has 3 aromatic rings. The zero-order valence-corrected chi connectivity index (χ0v) is 17.1. The number of hydrogen-bond donors (Lipinski definition) is 2. The fraction of sp³-hybridized carbons (Fsp3) is 0.222. The van der Waals surface area contributed by atoms with Crippen molar-refractivity contribution in [2.45, 2.75) is 17.3 Å². The molecule has 8 nitrogen and oxygen atoms in total. The van der Waals surface area contributed by atoms with Crippen LogP contribution in [0.2, 0.25) is 0 Å². The minimum absolute atomic E-state index is 0.246. The van der Waals surface area contributed by atoms with E-state index in [9.17, 15) is 9.59 Å². The average Bonchev–Trinajstić information content (AvgIpc) is 3.29. The number of amides is 2. The molecule has 0 aliphatic carbocycles. The second-order valence-corrected chi connectivity index (χ2v) is 8.09. The molecule has 3 N–H and O–H groups in total. The molecule has 2 heterocycles. The molecule has 0 aliphatic heterocycles. The van der Waals surface area contributed by atoms with Gasteiger partial charge in [-0.05, 0) is 42.6 Å². The topological polar surface area (TPSA) is 112 Å². The number of primary amides is 1. The first-order valence-electron chi connectivity index (χ1n) is 8.29. The van der Waals surface area contributed by atoms with Gasteiger partial charge in [-0.15, -0.1) is 21.5 Å². The molecule has 0 saturated carbocycles. The first-order chi connectivity index (χ1) is 13.4. The Labute approximate surface area is 170 Å². The molecule has 0 bridgehead atoms. The van der Waals surface area contributed by atoms with E-state index >= 15 is 0 Å². The number of aromatic nitrogens is 3. The van der Waals surface area contributed by atoms with Crippen LogP contribution in [0.4, 0.5) is 5.00 Å². The van der Waals surface area contributed by atoms with Crippen LogP contribution < -0.4 is 15.8 Å². The Kier molecular flexibility index (Phi) is 6.00. The van der Waals surface area contributed by atoms with Gasteiger partial charge < -0.3 is 20.4 Å². The van der Waals surface area contributed by atoms with Crippen LogP contribution in [0.5, 0.6) is 5.75 Å². The van der Waals surface area contributed by atoms with Crippen LogP contribution in [0.25, 0.3) is 11.4 Å². The Hall–Kier alpha value is -2.85. The molecule has 2 amide bonds. The molecule has 0 spiro atoms. The summed E-state index contributed by atoms with van der Waals surface area (Å²) >= 11 is 2.53. The van der Waals surface area contributed by atoms with Crippen molar-refractivity contribution in [1.82, 2.24) is 14.8 Å². The molecular formula is C18H19N5O3S2. The number of methoxy groups -OCH3 is 1. The van der Waals surface area contributed by atoms with Crippen LogP contribution in [0.1, 0.15) is 17.3 Å². The van der Waals surface area contributed by atoms with Crippen molar-refractivity contribution >= 4 is 39.9 Å². The summed E-state index contributed by atoms with van der Waals surface area (Å²) in [7, 11) is 3.46.